The van der Waals surface area contributed by atoms with Gasteiger partial charge in [-0.2, -0.15) is 5.10 Å². The molecule has 0 fully saturated rings. The lowest BCUT2D eigenvalue weighted by molar-refractivity contribution is 0.593. The largest absolute Gasteiger partial charge is 0.281 e. The molecule has 0 aliphatic heterocycles. The van der Waals surface area contributed by atoms with Crippen LogP contribution in [0.25, 0.3) is 11.0 Å². The maximum atomic E-state index is 12.2. The molecule has 0 saturated carbocycles. The van der Waals surface area contributed by atoms with E-state index in [2.05, 4.69) is 20.4 Å². The van der Waals surface area contributed by atoms with Crippen LogP contribution in [0.4, 0.5) is 0 Å². The van der Waals surface area contributed by atoms with Gasteiger partial charge in [-0.05, 0) is 13.8 Å². The van der Waals surface area contributed by atoms with Crippen LogP contribution in [-0.2, 0) is 13.6 Å². The Labute approximate surface area is 112 Å². The van der Waals surface area contributed by atoms with Gasteiger partial charge in [0.2, 0.25) is 0 Å². The Kier molecular flexibility index (Phi) is 2.67. The van der Waals surface area contributed by atoms with Crippen molar-refractivity contribution in [1.82, 2.24) is 29.8 Å². The summed E-state index contributed by atoms with van der Waals surface area (Å²) in [6, 6.07) is 0. The second-order valence-corrected chi connectivity index (χ2v) is 5.59. The molecule has 0 amide bonds. The van der Waals surface area contributed by atoms with E-state index in [-0.39, 0.29) is 5.56 Å². The molecule has 0 spiro atoms. The SMILES string of the molecule is Cc1nc(Cn2nnc3c(cnn3C)c2=O)sc1C. The zero-order valence-electron chi connectivity index (χ0n) is 10.8. The van der Waals surface area contributed by atoms with Gasteiger partial charge in [0.25, 0.3) is 5.56 Å². The average molecular weight is 276 g/mol. The van der Waals surface area contributed by atoms with E-state index < -0.39 is 0 Å². The number of hydrogen-bond donors (Lipinski definition) is 0. The summed E-state index contributed by atoms with van der Waals surface area (Å²) in [5.41, 5.74) is 1.29. The highest BCUT2D eigenvalue weighted by Gasteiger charge is 2.11. The molecule has 0 aliphatic rings. The molecule has 3 aromatic rings. The Morgan fingerprint density at radius 1 is 1.37 bits per heavy atom. The van der Waals surface area contributed by atoms with Crippen molar-refractivity contribution < 1.29 is 0 Å². The van der Waals surface area contributed by atoms with E-state index >= 15 is 0 Å². The molecule has 0 saturated heterocycles. The third kappa shape index (κ3) is 1.93. The highest BCUT2D eigenvalue weighted by atomic mass is 32.1. The Morgan fingerprint density at radius 3 is 2.84 bits per heavy atom. The van der Waals surface area contributed by atoms with Crippen molar-refractivity contribution in [3.05, 3.63) is 32.1 Å². The van der Waals surface area contributed by atoms with Crippen LogP contribution in [0, 0.1) is 13.8 Å². The van der Waals surface area contributed by atoms with E-state index in [0.717, 1.165) is 15.6 Å². The van der Waals surface area contributed by atoms with E-state index in [1.165, 1.54) is 15.6 Å². The highest BCUT2D eigenvalue weighted by molar-refractivity contribution is 7.11. The van der Waals surface area contributed by atoms with E-state index in [1.807, 2.05) is 13.8 Å². The molecule has 3 aromatic heterocycles. The summed E-state index contributed by atoms with van der Waals surface area (Å²) < 4.78 is 2.85. The Balaban J connectivity index is 2.06. The molecule has 8 heteroatoms. The lowest BCUT2D eigenvalue weighted by atomic mass is 10.4. The van der Waals surface area contributed by atoms with Gasteiger partial charge in [0.05, 0.1) is 18.4 Å². The highest BCUT2D eigenvalue weighted by Crippen LogP contribution is 2.16. The van der Waals surface area contributed by atoms with Crippen LogP contribution in [0.2, 0.25) is 0 Å². The number of aryl methyl sites for hydroxylation is 3. The van der Waals surface area contributed by atoms with E-state index in [4.69, 9.17) is 0 Å². The number of fused-ring (bicyclic) bond motifs is 1. The summed E-state index contributed by atoms with van der Waals surface area (Å²) in [5, 5.41) is 13.3. The summed E-state index contributed by atoms with van der Waals surface area (Å²) in [6.45, 7) is 4.30. The molecular formula is C11H12N6OS. The predicted molar refractivity (Wildman–Crippen MR) is 71.3 cm³/mol. The van der Waals surface area contributed by atoms with Crippen molar-refractivity contribution in [3.8, 4) is 0 Å². The third-order valence-corrected chi connectivity index (χ3v) is 4.04. The van der Waals surface area contributed by atoms with Crippen LogP contribution in [-0.4, -0.2) is 29.8 Å². The molecule has 3 heterocycles. The van der Waals surface area contributed by atoms with Crippen molar-refractivity contribution in [2.24, 2.45) is 7.05 Å². The minimum atomic E-state index is -0.191. The van der Waals surface area contributed by atoms with Crippen LogP contribution in [0.5, 0.6) is 0 Å². The van der Waals surface area contributed by atoms with Gasteiger partial charge in [0, 0.05) is 11.9 Å². The number of hydrogen-bond acceptors (Lipinski definition) is 6. The van der Waals surface area contributed by atoms with Gasteiger partial charge in [-0.3, -0.25) is 4.79 Å². The molecule has 19 heavy (non-hydrogen) atoms. The first-order valence-corrected chi connectivity index (χ1v) is 6.56. The van der Waals surface area contributed by atoms with Gasteiger partial charge in [-0.15, -0.1) is 16.4 Å². The predicted octanol–water partition coefficient (Wildman–Crippen LogP) is 0.647. The second kappa shape index (κ2) is 4.23. The lowest BCUT2D eigenvalue weighted by Crippen LogP contribution is -2.24. The van der Waals surface area contributed by atoms with Crippen LogP contribution in [0.15, 0.2) is 11.0 Å². The lowest BCUT2D eigenvalue weighted by Gasteiger charge is -2.00. The standard InChI is InChI=1S/C11H12N6OS/c1-6-7(2)19-9(13-6)5-17-11(18)8-4-12-16(3)10(8)14-15-17/h4H,5H2,1-3H3. The normalized spacial score (nSPS) is 11.3. The summed E-state index contributed by atoms with van der Waals surface area (Å²) >= 11 is 1.57. The first-order chi connectivity index (χ1) is 9.06. The van der Waals surface area contributed by atoms with Gasteiger partial charge in [0.15, 0.2) is 5.65 Å². The van der Waals surface area contributed by atoms with Crippen LogP contribution >= 0.6 is 11.3 Å². The maximum Gasteiger partial charge on any atom is 0.281 e. The first-order valence-electron chi connectivity index (χ1n) is 5.74. The monoisotopic (exact) mass is 276 g/mol. The fourth-order valence-corrected chi connectivity index (χ4v) is 2.73. The number of rotatable bonds is 2. The van der Waals surface area contributed by atoms with E-state index in [9.17, 15) is 4.79 Å². The van der Waals surface area contributed by atoms with Gasteiger partial charge in [-0.25, -0.2) is 14.3 Å². The molecular weight excluding hydrogens is 264 g/mol. The molecule has 0 aromatic carbocycles. The Morgan fingerprint density at radius 2 is 2.16 bits per heavy atom. The smallest absolute Gasteiger partial charge is 0.267 e. The fraction of sp³-hybridized carbons (Fsp3) is 0.364. The zero-order valence-corrected chi connectivity index (χ0v) is 11.6. The third-order valence-electron chi connectivity index (χ3n) is 2.98. The topological polar surface area (TPSA) is 78.5 Å². The second-order valence-electron chi connectivity index (χ2n) is 4.31. The summed E-state index contributed by atoms with van der Waals surface area (Å²) in [6.07, 6.45) is 1.52. The molecule has 0 unspecified atom stereocenters. The molecule has 0 bridgehead atoms. The van der Waals surface area contributed by atoms with E-state index in [0.29, 0.717) is 17.6 Å². The van der Waals surface area contributed by atoms with Gasteiger partial charge in [-0.1, -0.05) is 5.21 Å². The maximum absolute atomic E-state index is 12.2. The quantitative estimate of drug-likeness (QED) is 0.686. The van der Waals surface area contributed by atoms with Crippen LogP contribution in [0.1, 0.15) is 15.6 Å². The Hall–Kier alpha value is -2.09. The van der Waals surface area contributed by atoms with Crippen molar-refractivity contribution in [3.63, 3.8) is 0 Å². The number of thiazole rings is 1. The van der Waals surface area contributed by atoms with Gasteiger partial charge in [0.1, 0.15) is 10.4 Å². The summed E-state index contributed by atoms with van der Waals surface area (Å²) in [4.78, 5) is 17.8. The van der Waals surface area contributed by atoms with E-state index in [1.54, 1.807) is 18.4 Å². The fourth-order valence-electron chi connectivity index (χ4n) is 1.81. The molecule has 0 radical (unpaired) electrons. The molecule has 3 rings (SSSR count). The molecule has 7 nitrogen and oxygen atoms in total. The van der Waals surface area contributed by atoms with Crippen molar-refractivity contribution in [2.75, 3.05) is 0 Å². The average Bonchev–Trinajstić information content (AvgIpc) is 2.88. The van der Waals surface area contributed by atoms with Crippen molar-refractivity contribution in [1.29, 1.82) is 0 Å². The van der Waals surface area contributed by atoms with Crippen molar-refractivity contribution >= 4 is 22.4 Å². The molecule has 98 valence electrons. The van der Waals surface area contributed by atoms with Gasteiger partial charge >= 0.3 is 0 Å². The minimum absolute atomic E-state index is 0.191. The van der Waals surface area contributed by atoms with Gasteiger partial charge < -0.3 is 0 Å². The first kappa shape index (κ1) is 12.0. The van der Waals surface area contributed by atoms with Crippen LogP contribution in [0.3, 0.4) is 0 Å². The molecule has 0 N–H and O–H groups in total. The Bertz CT molecular complexity index is 795. The molecule has 0 aliphatic carbocycles. The zero-order chi connectivity index (χ0) is 13.6. The number of aromatic nitrogens is 6. The molecule has 0 atom stereocenters. The van der Waals surface area contributed by atoms with Crippen molar-refractivity contribution in [2.45, 2.75) is 20.4 Å². The van der Waals surface area contributed by atoms with Crippen LogP contribution < -0.4 is 5.56 Å². The summed E-state index contributed by atoms with van der Waals surface area (Å²) in [5.74, 6) is 0. The minimum Gasteiger partial charge on any atom is -0.267 e. The summed E-state index contributed by atoms with van der Waals surface area (Å²) in [7, 11) is 1.73. The number of nitrogens with zero attached hydrogens (tertiary/aromatic N) is 6.